The molecule has 4 rings (SSSR count). The van der Waals surface area contributed by atoms with Gasteiger partial charge in [0.05, 0.1) is 6.42 Å². The van der Waals surface area contributed by atoms with Crippen LogP contribution in [0.3, 0.4) is 0 Å². The van der Waals surface area contributed by atoms with Crippen molar-refractivity contribution in [2.24, 2.45) is 0 Å². The molecule has 2 aliphatic rings. The number of alkyl halides is 3. The highest BCUT2D eigenvalue weighted by molar-refractivity contribution is 9.10. The molecule has 2 atom stereocenters. The zero-order chi connectivity index (χ0) is 19.6. The largest absolute Gasteiger partial charge is 0.405 e. The summed E-state index contributed by atoms with van der Waals surface area (Å²) in [5.74, 6) is -1.05. The molecule has 1 aliphatic carbocycles. The lowest BCUT2D eigenvalue weighted by Gasteiger charge is -2.14. The molecular formula is C17H14BrF4N3OS. The first-order chi connectivity index (χ1) is 12.6. The molecule has 1 aromatic heterocycles. The number of benzene rings is 1. The van der Waals surface area contributed by atoms with Crippen LogP contribution in [-0.2, 0) is 23.2 Å². The lowest BCUT2D eigenvalue weighted by atomic mass is 9.93. The minimum Gasteiger partial charge on any atom is -0.347 e. The van der Waals surface area contributed by atoms with Crippen LogP contribution >= 0.6 is 28.1 Å². The SMILES string of the molecule is O=C(Cc1[nH]c(=S)n2c1[C@@H]1C[C@]1(c1cc(Br)ccc1F)C2)NCC(F)(F)F. The second-order valence-electron chi connectivity index (χ2n) is 6.99. The number of rotatable bonds is 4. The number of H-pyrrole nitrogens is 1. The monoisotopic (exact) mass is 463 g/mol. The number of imidazole rings is 1. The molecule has 0 saturated heterocycles. The van der Waals surface area contributed by atoms with E-state index in [9.17, 15) is 22.4 Å². The molecule has 10 heteroatoms. The van der Waals surface area contributed by atoms with Gasteiger partial charge >= 0.3 is 6.18 Å². The second kappa shape index (κ2) is 6.16. The van der Waals surface area contributed by atoms with Crippen LogP contribution in [0, 0.1) is 10.6 Å². The Morgan fingerprint density at radius 2 is 2.19 bits per heavy atom. The number of aromatic nitrogens is 2. The van der Waals surface area contributed by atoms with E-state index in [1.165, 1.54) is 6.07 Å². The molecule has 144 valence electrons. The van der Waals surface area contributed by atoms with Gasteiger partial charge in [-0.15, -0.1) is 0 Å². The van der Waals surface area contributed by atoms with Gasteiger partial charge in [-0.2, -0.15) is 13.2 Å². The Balaban J connectivity index is 1.59. The van der Waals surface area contributed by atoms with Crippen molar-refractivity contribution >= 4 is 34.1 Å². The first-order valence-corrected chi connectivity index (χ1v) is 9.41. The van der Waals surface area contributed by atoms with E-state index in [1.807, 2.05) is 9.88 Å². The Labute approximate surface area is 165 Å². The van der Waals surface area contributed by atoms with Crippen LogP contribution in [0.15, 0.2) is 22.7 Å². The summed E-state index contributed by atoms with van der Waals surface area (Å²) in [6.07, 6.45) is -3.98. The fraction of sp³-hybridized carbons (Fsp3) is 0.412. The number of carbonyl (C=O) groups is 1. The van der Waals surface area contributed by atoms with Gasteiger partial charge in [-0.3, -0.25) is 4.79 Å². The fourth-order valence-corrected chi connectivity index (χ4v) is 4.67. The molecule has 1 aliphatic heterocycles. The average Bonchev–Trinajstić information content (AvgIpc) is 3.07. The van der Waals surface area contributed by atoms with Crippen molar-refractivity contribution in [2.45, 2.75) is 36.9 Å². The summed E-state index contributed by atoms with van der Waals surface area (Å²) in [5, 5.41) is 1.86. The fourth-order valence-electron chi connectivity index (χ4n) is 4.03. The molecule has 1 fully saturated rings. The smallest absolute Gasteiger partial charge is 0.347 e. The van der Waals surface area contributed by atoms with Crippen molar-refractivity contribution in [3.05, 3.63) is 50.2 Å². The third-order valence-electron chi connectivity index (χ3n) is 5.24. The molecular weight excluding hydrogens is 450 g/mol. The number of fused-ring (bicyclic) bond motifs is 3. The van der Waals surface area contributed by atoms with Crippen molar-refractivity contribution in [3.63, 3.8) is 0 Å². The molecule has 2 N–H and O–H groups in total. The lowest BCUT2D eigenvalue weighted by Crippen LogP contribution is -2.34. The maximum absolute atomic E-state index is 14.4. The standard InChI is InChI=1S/C17H14BrF4N3OS/c18-8-1-2-11(19)9(3-8)16-5-10(16)14-12(24-15(27)25(14)7-16)4-13(26)23-6-17(20,21)22/h1-3,10H,4-7H2,(H,23,26)(H,24,27)/t10-,16+/m0/s1. The van der Waals surface area contributed by atoms with Gasteiger partial charge in [-0.05, 0) is 42.4 Å². The van der Waals surface area contributed by atoms with Crippen LogP contribution in [-0.4, -0.2) is 28.2 Å². The second-order valence-corrected chi connectivity index (χ2v) is 8.29. The normalized spacial score (nSPS) is 23.1. The number of hydrogen-bond donors (Lipinski definition) is 2. The van der Waals surface area contributed by atoms with Crippen LogP contribution in [0.25, 0.3) is 0 Å². The van der Waals surface area contributed by atoms with Gasteiger partial charge < -0.3 is 14.9 Å². The number of nitrogens with zero attached hydrogens (tertiary/aromatic N) is 1. The minimum absolute atomic E-state index is 0.0142. The highest BCUT2D eigenvalue weighted by atomic mass is 79.9. The van der Waals surface area contributed by atoms with Crippen LogP contribution in [0.5, 0.6) is 0 Å². The van der Waals surface area contributed by atoms with Gasteiger partial charge in [-0.1, -0.05) is 15.9 Å². The molecule has 1 saturated carbocycles. The zero-order valence-corrected chi connectivity index (χ0v) is 16.2. The maximum atomic E-state index is 14.4. The summed E-state index contributed by atoms with van der Waals surface area (Å²) in [7, 11) is 0. The maximum Gasteiger partial charge on any atom is 0.405 e. The summed E-state index contributed by atoms with van der Waals surface area (Å²) in [6, 6.07) is 4.79. The van der Waals surface area contributed by atoms with Gasteiger partial charge in [0.25, 0.3) is 0 Å². The predicted molar refractivity (Wildman–Crippen MR) is 95.5 cm³/mol. The van der Waals surface area contributed by atoms with Crippen LogP contribution in [0.2, 0.25) is 0 Å². The van der Waals surface area contributed by atoms with E-state index in [1.54, 1.807) is 12.1 Å². The number of aromatic amines is 1. The van der Waals surface area contributed by atoms with Crippen LogP contribution in [0.1, 0.15) is 29.3 Å². The van der Waals surface area contributed by atoms with E-state index in [-0.39, 0.29) is 18.2 Å². The van der Waals surface area contributed by atoms with Gasteiger partial charge in [-0.25, -0.2) is 4.39 Å². The topological polar surface area (TPSA) is 49.8 Å². The summed E-state index contributed by atoms with van der Waals surface area (Å²) in [5.41, 5.74) is 1.47. The van der Waals surface area contributed by atoms with E-state index in [0.717, 1.165) is 10.2 Å². The molecule has 0 unspecified atom stereocenters. The first kappa shape index (κ1) is 18.7. The molecule has 2 heterocycles. The molecule has 27 heavy (non-hydrogen) atoms. The number of carbonyl (C=O) groups excluding carboxylic acids is 1. The van der Waals surface area contributed by atoms with Crippen LogP contribution in [0.4, 0.5) is 17.6 Å². The zero-order valence-electron chi connectivity index (χ0n) is 13.8. The number of amides is 1. The van der Waals surface area contributed by atoms with Crippen molar-refractivity contribution in [1.82, 2.24) is 14.9 Å². The Kier molecular flexibility index (Phi) is 4.26. The lowest BCUT2D eigenvalue weighted by molar-refractivity contribution is -0.138. The van der Waals surface area contributed by atoms with Crippen molar-refractivity contribution < 1.29 is 22.4 Å². The van der Waals surface area contributed by atoms with Crippen molar-refractivity contribution in [1.29, 1.82) is 0 Å². The predicted octanol–water partition coefficient (Wildman–Crippen LogP) is 4.11. The van der Waals surface area contributed by atoms with E-state index < -0.39 is 24.0 Å². The third kappa shape index (κ3) is 3.22. The van der Waals surface area contributed by atoms with Gasteiger partial charge in [0.15, 0.2) is 4.77 Å². The summed E-state index contributed by atoms with van der Waals surface area (Å²) in [4.78, 5) is 14.8. The van der Waals surface area contributed by atoms with Crippen LogP contribution < -0.4 is 5.32 Å². The summed E-state index contributed by atoms with van der Waals surface area (Å²) < 4.78 is 54.2. The van der Waals surface area contributed by atoms with Crippen molar-refractivity contribution in [2.75, 3.05) is 6.54 Å². The van der Waals surface area contributed by atoms with Gasteiger partial charge in [0, 0.05) is 33.7 Å². The molecule has 0 bridgehead atoms. The van der Waals surface area contributed by atoms with E-state index in [0.29, 0.717) is 29.0 Å². The molecule has 0 radical (unpaired) electrons. The Bertz CT molecular complexity index is 999. The highest BCUT2D eigenvalue weighted by Gasteiger charge is 2.63. The van der Waals surface area contributed by atoms with Gasteiger partial charge in [0.1, 0.15) is 12.4 Å². The molecule has 2 aromatic rings. The Hall–Kier alpha value is -1.68. The highest BCUT2D eigenvalue weighted by Crippen LogP contribution is 2.66. The average molecular weight is 464 g/mol. The quantitative estimate of drug-likeness (QED) is 0.529. The van der Waals surface area contributed by atoms with Gasteiger partial charge in [0.2, 0.25) is 5.91 Å². The number of hydrogen-bond acceptors (Lipinski definition) is 2. The molecule has 1 amide bonds. The summed E-state index contributed by atoms with van der Waals surface area (Å²) >= 11 is 8.66. The van der Waals surface area contributed by atoms with E-state index >= 15 is 0 Å². The number of nitrogens with one attached hydrogen (secondary N) is 2. The van der Waals surface area contributed by atoms with E-state index in [2.05, 4.69) is 20.9 Å². The molecule has 0 spiro atoms. The first-order valence-electron chi connectivity index (χ1n) is 8.21. The van der Waals surface area contributed by atoms with E-state index in [4.69, 9.17) is 12.2 Å². The Morgan fingerprint density at radius 1 is 1.44 bits per heavy atom. The number of halogens is 5. The molecule has 4 nitrogen and oxygen atoms in total. The minimum atomic E-state index is -4.46. The van der Waals surface area contributed by atoms with Crippen molar-refractivity contribution in [3.8, 4) is 0 Å². The molecule has 1 aromatic carbocycles. The Morgan fingerprint density at radius 3 is 2.89 bits per heavy atom. The summed E-state index contributed by atoms with van der Waals surface area (Å²) in [6.45, 7) is -0.890. The third-order valence-corrected chi connectivity index (χ3v) is 6.05.